The number of methoxy groups -OCH3 is 1. The Balaban J connectivity index is 1.96. The van der Waals surface area contributed by atoms with Crippen molar-refractivity contribution < 1.29 is 19.4 Å². The molecular formula is C14H18N2O4. The molecule has 0 heterocycles. The Labute approximate surface area is 117 Å². The van der Waals surface area contributed by atoms with Gasteiger partial charge in [-0.2, -0.15) is 0 Å². The third-order valence-corrected chi connectivity index (χ3v) is 3.23. The number of amides is 2. The summed E-state index contributed by atoms with van der Waals surface area (Å²) in [5.41, 5.74) is 0.440. The molecule has 1 aliphatic rings. The predicted molar refractivity (Wildman–Crippen MR) is 74.3 cm³/mol. The lowest BCUT2D eigenvalue weighted by molar-refractivity contribution is 0.0697. The Kier molecular flexibility index (Phi) is 4.45. The lowest BCUT2D eigenvalue weighted by atomic mass is 10.2. The van der Waals surface area contributed by atoms with Crippen LogP contribution in [-0.4, -0.2) is 30.8 Å². The zero-order valence-corrected chi connectivity index (χ0v) is 11.3. The molecule has 1 aromatic rings. The van der Waals surface area contributed by atoms with Crippen molar-refractivity contribution in [1.29, 1.82) is 0 Å². The Morgan fingerprint density at radius 2 is 2.15 bits per heavy atom. The molecule has 0 radical (unpaired) electrons. The quantitative estimate of drug-likeness (QED) is 0.745. The lowest BCUT2D eigenvalue weighted by Gasteiger charge is -2.11. The standard InChI is InChI=1S/C14H18N2O4/c1-20-12-5-4-10(13(17)18)8-11(12)16-14(19)15-7-6-9-2-3-9/h4-5,8-9H,2-3,6-7H2,1H3,(H,17,18)(H2,15,16,19). The molecule has 20 heavy (non-hydrogen) atoms. The number of carbonyl (C=O) groups is 2. The van der Waals surface area contributed by atoms with Gasteiger partial charge in [0.05, 0.1) is 18.4 Å². The second-order valence-electron chi connectivity index (χ2n) is 4.83. The van der Waals surface area contributed by atoms with Crippen LogP contribution >= 0.6 is 0 Å². The molecule has 2 amide bonds. The molecule has 0 saturated heterocycles. The van der Waals surface area contributed by atoms with Crippen molar-refractivity contribution in [3.63, 3.8) is 0 Å². The van der Waals surface area contributed by atoms with Gasteiger partial charge in [0, 0.05) is 6.54 Å². The van der Waals surface area contributed by atoms with E-state index >= 15 is 0 Å². The van der Waals surface area contributed by atoms with E-state index in [9.17, 15) is 9.59 Å². The van der Waals surface area contributed by atoms with Crippen LogP contribution in [0.3, 0.4) is 0 Å². The molecule has 1 aliphatic carbocycles. The highest BCUT2D eigenvalue weighted by atomic mass is 16.5. The molecule has 6 nitrogen and oxygen atoms in total. The van der Waals surface area contributed by atoms with Crippen LogP contribution in [0.2, 0.25) is 0 Å². The van der Waals surface area contributed by atoms with Gasteiger partial charge in [-0.3, -0.25) is 0 Å². The van der Waals surface area contributed by atoms with Gasteiger partial charge in [0.25, 0.3) is 0 Å². The molecule has 1 saturated carbocycles. The second-order valence-corrected chi connectivity index (χ2v) is 4.83. The molecule has 0 aromatic heterocycles. The summed E-state index contributed by atoms with van der Waals surface area (Å²) < 4.78 is 5.10. The van der Waals surface area contributed by atoms with Gasteiger partial charge < -0.3 is 20.5 Å². The number of hydrogen-bond acceptors (Lipinski definition) is 3. The Morgan fingerprint density at radius 3 is 2.75 bits per heavy atom. The molecule has 0 bridgehead atoms. The van der Waals surface area contributed by atoms with E-state index in [2.05, 4.69) is 10.6 Å². The van der Waals surface area contributed by atoms with Gasteiger partial charge in [0.1, 0.15) is 5.75 Å². The molecule has 108 valence electrons. The van der Waals surface area contributed by atoms with E-state index in [0.29, 0.717) is 18.0 Å². The van der Waals surface area contributed by atoms with Crippen molar-refractivity contribution in [2.75, 3.05) is 19.0 Å². The molecular weight excluding hydrogens is 260 g/mol. The molecule has 0 atom stereocenters. The third-order valence-electron chi connectivity index (χ3n) is 3.23. The van der Waals surface area contributed by atoms with Gasteiger partial charge in [0.15, 0.2) is 0 Å². The van der Waals surface area contributed by atoms with E-state index in [0.717, 1.165) is 12.3 Å². The lowest BCUT2D eigenvalue weighted by Crippen LogP contribution is -2.30. The number of ether oxygens (including phenoxy) is 1. The predicted octanol–water partition coefficient (Wildman–Crippen LogP) is 2.32. The van der Waals surface area contributed by atoms with Crippen molar-refractivity contribution in [2.45, 2.75) is 19.3 Å². The maximum atomic E-state index is 11.7. The van der Waals surface area contributed by atoms with Crippen LogP contribution in [-0.2, 0) is 0 Å². The summed E-state index contributed by atoms with van der Waals surface area (Å²) in [5, 5.41) is 14.3. The molecule has 0 unspecified atom stereocenters. The van der Waals surface area contributed by atoms with E-state index in [1.54, 1.807) is 0 Å². The normalized spacial score (nSPS) is 13.7. The summed E-state index contributed by atoms with van der Waals surface area (Å²) in [5.74, 6) is 0.123. The number of rotatable bonds is 6. The fourth-order valence-corrected chi connectivity index (χ4v) is 1.90. The first-order valence-corrected chi connectivity index (χ1v) is 6.56. The topological polar surface area (TPSA) is 87.7 Å². The summed E-state index contributed by atoms with van der Waals surface area (Å²) in [6.45, 7) is 0.622. The average Bonchev–Trinajstić information content (AvgIpc) is 3.22. The van der Waals surface area contributed by atoms with Crippen LogP contribution in [0.4, 0.5) is 10.5 Å². The van der Waals surface area contributed by atoms with Gasteiger partial charge in [-0.1, -0.05) is 12.8 Å². The molecule has 1 aromatic carbocycles. The van der Waals surface area contributed by atoms with Crippen LogP contribution in [0.1, 0.15) is 29.6 Å². The van der Waals surface area contributed by atoms with Crippen molar-refractivity contribution in [1.82, 2.24) is 5.32 Å². The molecule has 6 heteroatoms. The number of anilines is 1. The summed E-state index contributed by atoms with van der Waals surface area (Å²) in [6.07, 6.45) is 3.48. The monoisotopic (exact) mass is 278 g/mol. The van der Waals surface area contributed by atoms with Crippen molar-refractivity contribution >= 4 is 17.7 Å². The second kappa shape index (κ2) is 6.27. The maximum Gasteiger partial charge on any atom is 0.335 e. The summed E-state index contributed by atoms with van der Waals surface area (Å²) in [7, 11) is 1.46. The van der Waals surface area contributed by atoms with Crippen LogP contribution in [0, 0.1) is 5.92 Å². The highest BCUT2D eigenvalue weighted by Crippen LogP contribution is 2.31. The minimum absolute atomic E-state index is 0.0964. The fraction of sp³-hybridized carbons (Fsp3) is 0.429. The van der Waals surface area contributed by atoms with Gasteiger partial charge in [-0.15, -0.1) is 0 Å². The largest absolute Gasteiger partial charge is 0.495 e. The number of carboxylic acids is 1. The Hall–Kier alpha value is -2.24. The number of benzene rings is 1. The fourth-order valence-electron chi connectivity index (χ4n) is 1.90. The number of nitrogens with one attached hydrogen (secondary N) is 2. The smallest absolute Gasteiger partial charge is 0.335 e. The van der Waals surface area contributed by atoms with E-state index in [4.69, 9.17) is 9.84 Å². The van der Waals surface area contributed by atoms with Crippen LogP contribution in [0.5, 0.6) is 5.75 Å². The molecule has 0 aliphatic heterocycles. The Morgan fingerprint density at radius 1 is 1.40 bits per heavy atom. The van der Waals surface area contributed by atoms with Crippen LogP contribution in [0.15, 0.2) is 18.2 Å². The number of aromatic carboxylic acids is 1. The maximum absolute atomic E-state index is 11.7. The first-order chi connectivity index (χ1) is 9.60. The zero-order valence-electron chi connectivity index (χ0n) is 11.3. The number of hydrogen-bond donors (Lipinski definition) is 3. The minimum Gasteiger partial charge on any atom is -0.495 e. The zero-order chi connectivity index (χ0) is 14.5. The number of urea groups is 1. The first-order valence-electron chi connectivity index (χ1n) is 6.56. The van der Waals surface area contributed by atoms with Gasteiger partial charge in [0.2, 0.25) is 0 Å². The van der Waals surface area contributed by atoms with Gasteiger partial charge >= 0.3 is 12.0 Å². The minimum atomic E-state index is -1.05. The molecule has 0 spiro atoms. The van der Waals surface area contributed by atoms with Gasteiger partial charge in [-0.05, 0) is 30.5 Å². The highest BCUT2D eigenvalue weighted by molar-refractivity contribution is 5.94. The first kappa shape index (κ1) is 14.2. The Bertz CT molecular complexity index is 512. The SMILES string of the molecule is COc1ccc(C(=O)O)cc1NC(=O)NCCC1CC1. The van der Waals surface area contributed by atoms with E-state index in [1.165, 1.54) is 38.2 Å². The van der Waals surface area contributed by atoms with E-state index in [1.807, 2.05) is 0 Å². The molecule has 2 rings (SSSR count). The van der Waals surface area contributed by atoms with E-state index < -0.39 is 5.97 Å². The molecule has 1 fully saturated rings. The van der Waals surface area contributed by atoms with Crippen LogP contribution < -0.4 is 15.4 Å². The van der Waals surface area contributed by atoms with Crippen molar-refractivity contribution in [3.8, 4) is 5.75 Å². The third kappa shape index (κ3) is 3.88. The van der Waals surface area contributed by atoms with Gasteiger partial charge in [-0.25, -0.2) is 9.59 Å². The van der Waals surface area contributed by atoms with E-state index in [-0.39, 0.29) is 11.6 Å². The molecule has 3 N–H and O–H groups in total. The highest BCUT2D eigenvalue weighted by Gasteiger charge is 2.20. The average molecular weight is 278 g/mol. The number of carbonyl (C=O) groups excluding carboxylic acids is 1. The summed E-state index contributed by atoms with van der Waals surface area (Å²) in [6, 6.07) is 3.97. The summed E-state index contributed by atoms with van der Waals surface area (Å²) >= 11 is 0. The summed E-state index contributed by atoms with van der Waals surface area (Å²) in [4.78, 5) is 22.7. The number of carboxylic acid groups (broad SMARTS) is 1. The van der Waals surface area contributed by atoms with Crippen molar-refractivity contribution in [3.05, 3.63) is 23.8 Å². The van der Waals surface area contributed by atoms with Crippen LogP contribution in [0.25, 0.3) is 0 Å². The van der Waals surface area contributed by atoms with Crippen molar-refractivity contribution in [2.24, 2.45) is 5.92 Å².